The van der Waals surface area contributed by atoms with Crippen LogP contribution < -0.4 is 5.32 Å². The molecule has 1 aliphatic rings. The molecule has 0 saturated heterocycles. The molecule has 1 fully saturated rings. The molecule has 1 N–H and O–H groups in total. The van der Waals surface area contributed by atoms with Gasteiger partial charge in [0.05, 0.1) is 0 Å². The first-order valence-electron chi connectivity index (χ1n) is 5.54. The summed E-state index contributed by atoms with van der Waals surface area (Å²) in [4.78, 5) is 0. The summed E-state index contributed by atoms with van der Waals surface area (Å²) in [7, 11) is 2.01. The second-order valence-electron chi connectivity index (χ2n) is 4.56. The molecular weight excluding hydrogens is 158 g/mol. The number of nitrogens with one attached hydrogen (secondary N) is 1. The van der Waals surface area contributed by atoms with E-state index in [0.29, 0.717) is 0 Å². The second-order valence-corrected chi connectivity index (χ2v) is 4.56. The molecular formula is C12H23N. The van der Waals surface area contributed by atoms with Gasteiger partial charge in [0.1, 0.15) is 0 Å². The number of allylic oxidation sites excluding steroid dienone is 1. The molecule has 1 heteroatoms. The molecule has 0 amide bonds. The molecule has 0 bridgehead atoms. The minimum atomic E-state index is 0.865. The summed E-state index contributed by atoms with van der Waals surface area (Å²) in [5.74, 6) is 1.83. The van der Waals surface area contributed by atoms with Crippen molar-refractivity contribution in [3.63, 3.8) is 0 Å². The maximum atomic E-state index is 3.20. The van der Waals surface area contributed by atoms with Crippen LogP contribution in [0.2, 0.25) is 0 Å². The van der Waals surface area contributed by atoms with Crippen molar-refractivity contribution in [3.05, 3.63) is 11.6 Å². The maximum Gasteiger partial charge on any atom is 0.0158 e. The Kier molecular flexibility index (Phi) is 4.51. The predicted octanol–water partition coefficient (Wildman–Crippen LogP) is 2.98. The summed E-state index contributed by atoms with van der Waals surface area (Å²) in [6, 6.07) is 0. The molecule has 76 valence electrons. The summed E-state index contributed by atoms with van der Waals surface area (Å²) < 4.78 is 0. The van der Waals surface area contributed by atoms with Crippen molar-refractivity contribution in [2.24, 2.45) is 11.8 Å². The lowest BCUT2D eigenvalue weighted by Crippen LogP contribution is -2.13. The van der Waals surface area contributed by atoms with E-state index in [9.17, 15) is 0 Å². The molecule has 1 rings (SSSR count). The van der Waals surface area contributed by atoms with Crippen molar-refractivity contribution in [2.75, 3.05) is 13.6 Å². The Morgan fingerprint density at radius 1 is 1.31 bits per heavy atom. The minimum Gasteiger partial charge on any atom is -0.316 e. The fourth-order valence-electron chi connectivity index (χ4n) is 2.19. The van der Waals surface area contributed by atoms with Gasteiger partial charge in [0.2, 0.25) is 0 Å². The molecule has 0 spiro atoms. The lowest BCUT2D eigenvalue weighted by Gasteiger charge is -2.24. The van der Waals surface area contributed by atoms with Gasteiger partial charge in [-0.1, -0.05) is 31.4 Å². The van der Waals surface area contributed by atoms with E-state index in [1.165, 1.54) is 31.3 Å². The Morgan fingerprint density at radius 3 is 2.46 bits per heavy atom. The molecule has 1 saturated carbocycles. The zero-order chi connectivity index (χ0) is 9.68. The van der Waals surface area contributed by atoms with E-state index in [1.54, 1.807) is 0 Å². The van der Waals surface area contributed by atoms with E-state index in [1.807, 2.05) is 7.05 Å². The molecule has 0 atom stereocenters. The molecule has 0 aromatic heterocycles. The number of hydrogen-bond acceptors (Lipinski definition) is 1. The van der Waals surface area contributed by atoms with Crippen molar-refractivity contribution in [1.82, 2.24) is 5.32 Å². The minimum absolute atomic E-state index is 0.865. The number of rotatable bonds is 3. The van der Waals surface area contributed by atoms with Gasteiger partial charge in [-0.2, -0.15) is 0 Å². The van der Waals surface area contributed by atoms with Gasteiger partial charge in [-0.15, -0.1) is 0 Å². The van der Waals surface area contributed by atoms with Crippen LogP contribution in [0.1, 0.15) is 39.5 Å². The van der Waals surface area contributed by atoms with Gasteiger partial charge in [0.15, 0.2) is 0 Å². The van der Waals surface area contributed by atoms with E-state index in [4.69, 9.17) is 0 Å². The van der Waals surface area contributed by atoms with Gasteiger partial charge in [0.25, 0.3) is 0 Å². The van der Waals surface area contributed by atoms with Crippen molar-refractivity contribution in [3.8, 4) is 0 Å². The van der Waals surface area contributed by atoms with Gasteiger partial charge < -0.3 is 5.32 Å². The zero-order valence-electron chi connectivity index (χ0n) is 9.27. The highest BCUT2D eigenvalue weighted by Crippen LogP contribution is 2.29. The van der Waals surface area contributed by atoms with Gasteiger partial charge >= 0.3 is 0 Å². The molecule has 0 aromatic carbocycles. The lowest BCUT2D eigenvalue weighted by molar-refractivity contribution is 0.329. The van der Waals surface area contributed by atoms with Crippen molar-refractivity contribution >= 4 is 0 Å². The highest BCUT2D eigenvalue weighted by Gasteiger charge is 2.15. The Labute approximate surface area is 82.6 Å². The molecule has 0 aromatic rings. The molecule has 1 aliphatic carbocycles. The predicted molar refractivity (Wildman–Crippen MR) is 58.8 cm³/mol. The van der Waals surface area contributed by atoms with E-state index in [0.717, 1.165) is 18.4 Å². The first-order chi connectivity index (χ1) is 6.22. The van der Waals surface area contributed by atoms with Crippen molar-refractivity contribution in [1.29, 1.82) is 0 Å². The first kappa shape index (κ1) is 10.8. The smallest absolute Gasteiger partial charge is 0.0158 e. The van der Waals surface area contributed by atoms with E-state index >= 15 is 0 Å². The summed E-state index contributed by atoms with van der Waals surface area (Å²) >= 11 is 0. The molecule has 1 nitrogen and oxygen atoms in total. The van der Waals surface area contributed by atoms with Crippen LogP contribution in [0.4, 0.5) is 0 Å². The number of hydrogen-bond donors (Lipinski definition) is 1. The third kappa shape index (κ3) is 3.95. The van der Waals surface area contributed by atoms with Crippen molar-refractivity contribution < 1.29 is 0 Å². The van der Waals surface area contributed by atoms with E-state index in [-0.39, 0.29) is 0 Å². The topological polar surface area (TPSA) is 12.0 Å². The van der Waals surface area contributed by atoms with Gasteiger partial charge in [-0.05, 0) is 38.6 Å². The standard InChI is InChI=1S/C12H23N/c1-10-4-6-12(7-5-10)8-11(2)9-13-3/h8,10,12-13H,4-7,9H2,1-3H3. The first-order valence-corrected chi connectivity index (χ1v) is 5.54. The lowest BCUT2D eigenvalue weighted by atomic mass is 9.82. The summed E-state index contributed by atoms with van der Waals surface area (Å²) in [5.41, 5.74) is 1.50. The molecule has 0 radical (unpaired) electrons. The Morgan fingerprint density at radius 2 is 1.92 bits per heavy atom. The second kappa shape index (κ2) is 5.43. The summed E-state index contributed by atoms with van der Waals surface area (Å²) in [6.07, 6.45) is 8.13. The normalized spacial score (nSPS) is 30.5. The quantitative estimate of drug-likeness (QED) is 0.660. The van der Waals surface area contributed by atoms with Crippen LogP contribution in [0.5, 0.6) is 0 Å². The Balaban J connectivity index is 2.32. The fraction of sp³-hybridized carbons (Fsp3) is 0.833. The van der Waals surface area contributed by atoms with Crippen LogP contribution in [-0.2, 0) is 0 Å². The highest BCUT2D eigenvalue weighted by molar-refractivity contribution is 5.03. The third-order valence-electron chi connectivity index (χ3n) is 3.04. The average molecular weight is 181 g/mol. The average Bonchev–Trinajstić information content (AvgIpc) is 2.09. The van der Waals surface area contributed by atoms with Crippen LogP contribution in [0.15, 0.2) is 11.6 Å². The molecule has 13 heavy (non-hydrogen) atoms. The monoisotopic (exact) mass is 181 g/mol. The Bertz CT molecular complexity index is 164. The van der Waals surface area contributed by atoms with Crippen molar-refractivity contribution in [2.45, 2.75) is 39.5 Å². The fourth-order valence-corrected chi connectivity index (χ4v) is 2.19. The van der Waals surface area contributed by atoms with Crippen LogP contribution in [0.3, 0.4) is 0 Å². The maximum absolute atomic E-state index is 3.20. The van der Waals surface area contributed by atoms with Crippen LogP contribution in [0.25, 0.3) is 0 Å². The molecule has 0 aliphatic heterocycles. The molecule has 0 heterocycles. The largest absolute Gasteiger partial charge is 0.316 e. The molecule has 0 unspecified atom stereocenters. The Hall–Kier alpha value is -0.300. The third-order valence-corrected chi connectivity index (χ3v) is 3.04. The van der Waals surface area contributed by atoms with Gasteiger partial charge in [0, 0.05) is 6.54 Å². The van der Waals surface area contributed by atoms with E-state index in [2.05, 4.69) is 25.2 Å². The van der Waals surface area contributed by atoms with Gasteiger partial charge in [-0.25, -0.2) is 0 Å². The zero-order valence-corrected chi connectivity index (χ0v) is 9.27. The summed E-state index contributed by atoms with van der Waals surface area (Å²) in [5, 5.41) is 3.20. The highest BCUT2D eigenvalue weighted by atomic mass is 14.8. The number of likely N-dealkylation sites (N-methyl/N-ethyl adjacent to an activating group) is 1. The van der Waals surface area contributed by atoms with Gasteiger partial charge in [-0.3, -0.25) is 0 Å². The van der Waals surface area contributed by atoms with E-state index < -0.39 is 0 Å². The van der Waals surface area contributed by atoms with Crippen LogP contribution in [-0.4, -0.2) is 13.6 Å². The summed E-state index contributed by atoms with van der Waals surface area (Å²) in [6.45, 7) is 5.65. The van der Waals surface area contributed by atoms with Crippen LogP contribution >= 0.6 is 0 Å². The van der Waals surface area contributed by atoms with Crippen LogP contribution in [0, 0.1) is 11.8 Å². The SMILES string of the molecule is CNCC(C)=CC1CCC(C)CC1.